The number of carbonyl (C=O) groups excluding carboxylic acids is 1. The maximum absolute atomic E-state index is 11.1. The van der Waals surface area contributed by atoms with Gasteiger partial charge in [-0.05, 0) is 17.7 Å². The number of rotatable bonds is 3. The van der Waals surface area contributed by atoms with Crippen LogP contribution in [-0.2, 0) is 11.3 Å². The summed E-state index contributed by atoms with van der Waals surface area (Å²) in [7, 11) is 1.33. The lowest BCUT2D eigenvalue weighted by Crippen LogP contribution is -2.42. The normalized spacial score (nSPS) is 15.0. The number of hydrogen-bond donors (Lipinski definition) is 2. The molecule has 2 rings (SSSR count). The molecule has 1 heterocycles. The van der Waals surface area contributed by atoms with Crippen molar-refractivity contribution < 1.29 is 9.53 Å². The fraction of sp³-hybridized carbons (Fsp3) is 0.429. The first-order valence-electron chi connectivity index (χ1n) is 6.75. The van der Waals surface area contributed by atoms with E-state index in [4.69, 9.17) is 5.73 Å². The Morgan fingerprint density at radius 2 is 2.00 bits per heavy atom. The molecular formula is C14H21IN4O2S. The van der Waals surface area contributed by atoms with Crippen LogP contribution >= 0.6 is 35.7 Å². The first kappa shape index (κ1) is 18.9. The third kappa shape index (κ3) is 5.91. The molecule has 1 saturated heterocycles. The summed E-state index contributed by atoms with van der Waals surface area (Å²) in [4.78, 5) is 17.6. The maximum Gasteiger partial charge on any atom is 0.411 e. The van der Waals surface area contributed by atoms with Gasteiger partial charge in [0.1, 0.15) is 0 Å². The first-order chi connectivity index (χ1) is 10.2. The molecule has 0 spiro atoms. The van der Waals surface area contributed by atoms with E-state index < -0.39 is 6.09 Å². The summed E-state index contributed by atoms with van der Waals surface area (Å²) in [6.45, 7) is 2.46. The molecular weight excluding hydrogens is 415 g/mol. The smallest absolute Gasteiger partial charge is 0.411 e. The van der Waals surface area contributed by atoms with E-state index >= 15 is 0 Å². The SMILES string of the molecule is COC(=O)Nc1ccc(CN=C(N)N2CCSCC2)cc1.I. The number of hydrogen-bond acceptors (Lipinski definition) is 4. The average Bonchev–Trinajstić information content (AvgIpc) is 2.54. The zero-order valence-electron chi connectivity index (χ0n) is 12.4. The number of nitrogens with zero attached hydrogens (tertiary/aromatic N) is 2. The molecule has 0 unspecified atom stereocenters. The van der Waals surface area contributed by atoms with E-state index in [9.17, 15) is 4.79 Å². The van der Waals surface area contributed by atoms with Gasteiger partial charge in [0.15, 0.2) is 5.96 Å². The molecule has 0 aromatic heterocycles. The fourth-order valence-corrected chi connectivity index (χ4v) is 2.83. The number of nitrogens with two attached hydrogens (primary N) is 1. The van der Waals surface area contributed by atoms with Gasteiger partial charge in [0.25, 0.3) is 0 Å². The number of nitrogens with one attached hydrogen (secondary N) is 1. The van der Waals surface area contributed by atoms with Gasteiger partial charge in [0.2, 0.25) is 0 Å². The number of ether oxygens (including phenoxy) is 1. The number of thioether (sulfide) groups is 1. The zero-order chi connectivity index (χ0) is 15.1. The summed E-state index contributed by atoms with van der Waals surface area (Å²) in [6.07, 6.45) is -0.479. The molecule has 122 valence electrons. The molecule has 1 aliphatic heterocycles. The van der Waals surface area contributed by atoms with Gasteiger partial charge in [-0.15, -0.1) is 24.0 Å². The molecule has 1 aromatic carbocycles. The van der Waals surface area contributed by atoms with Crippen molar-refractivity contribution >= 4 is 53.5 Å². The highest BCUT2D eigenvalue weighted by Gasteiger charge is 2.11. The minimum Gasteiger partial charge on any atom is -0.453 e. The lowest BCUT2D eigenvalue weighted by Gasteiger charge is -2.27. The van der Waals surface area contributed by atoms with Crippen LogP contribution in [0.3, 0.4) is 0 Å². The van der Waals surface area contributed by atoms with E-state index in [-0.39, 0.29) is 24.0 Å². The molecule has 1 aromatic rings. The van der Waals surface area contributed by atoms with Crippen LogP contribution in [0.15, 0.2) is 29.3 Å². The Bertz CT molecular complexity index is 504. The maximum atomic E-state index is 11.1. The van der Waals surface area contributed by atoms with Crippen molar-refractivity contribution in [2.45, 2.75) is 6.54 Å². The summed E-state index contributed by atoms with van der Waals surface area (Å²) < 4.78 is 4.53. The molecule has 3 N–H and O–H groups in total. The van der Waals surface area contributed by atoms with Gasteiger partial charge in [-0.2, -0.15) is 11.8 Å². The number of guanidine groups is 1. The van der Waals surface area contributed by atoms with Crippen LogP contribution in [0, 0.1) is 0 Å². The van der Waals surface area contributed by atoms with E-state index in [0.717, 1.165) is 30.2 Å². The summed E-state index contributed by atoms with van der Waals surface area (Å²) in [6, 6.07) is 7.45. The van der Waals surface area contributed by atoms with Crippen molar-refractivity contribution in [1.29, 1.82) is 0 Å². The molecule has 6 nitrogen and oxygen atoms in total. The van der Waals surface area contributed by atoms with Gasteiger partial charge in [0.05, 0.1) is 13.7 Å². The Kier molecular flexibility index (Phi) is 8.39. The Hall–Kier alpha value is -1.16. The predicted octanol–water partition coefficient (Wildman–Crippen LogP) is 2.35. The van der Waals surface area contributed by atoms with Crippen molar-refractivity contribution in [3.63, 3.8) is 0 Å². The van der Waals surface area contributed by atoms with Crippen LogP contribution in [0.2, 0.25) is 0 Å². The van der Waals surface area contributed by atoms with Crippen LogP contribution in [0.4, 0.5) is 10.5 Å². The number of aliphatic imine (C=N–C) groups is 1. The molecule has 0 aliphatic carbocycles. The molecule has 22 heavy (non-hydrogen) atoms. The highest BCUT2D eigenvalue weighted by atomic mass is 127. The number of anilines is 1. The van der Waals surface area contributed by atoms with Crippen molar-refractivity contribution in [2.75, 3.05) is 37.0 Å². The van der Waals surface area contributed by atoms with E-state index in [1.54, 1.807) is 0 Å². The highest BCUT2D eigenvalue weighted by Crippen LogP contribution is 2.12. The summed E-state index contributed by atoms with van der Waals surface area (Å²) >= 11 is 1.94. The first-order valence-corrected chi connectivity index (χ1v) is 7.91. The van der Waals surface area contributed by atoms with E-state index in [2.05, 4.69) is 19.9 Å². The summed E-state index contributed by atoms with van der Waals surface area (Å²) in [5.74, 6) is 2.81. The molecule has 8 heteroatoms. The molecule has 0 radical (unpaired) electrons. The number of carbonyl (C=O) groups is 1. The largest absolute Gasteiger partial charge is 0.453 e. The standard InChI is InChI=1S/C14H20N4O2S.HI/c1-20-14(19)17-12-4-2-11(3-5-12)10-16-13(15)18-6-8-21-9-7-18;/h2-5H,6-10H2,1H3,(H2,15,16)(H,17,19);1H. The monoisotopic (exact) mass is 436 g/mol. The van der Waals surface area contributed by atoms with E-state index in [1.807, 2.05) is 36.0 Å². The fourth-order valence-electron chi connectivity index (χ4n) is 1.93. The van der Waals surface area contributed by atoms with Crippen LogP contribution < -0.4 is 11.1 Å². The van der Waals surface area contributed by atoms with Crippen LogP contribution in [0.1, 0.15) is 5.56 Å². The van der Waals surface area contributed by atoms with Gasteiger partial charge >= 0.3 is 6.09 Å². The summed E-state index contributed by atoms with van der Waals surface area (Å²) in [5.41, 5.74) is 7.74. The van der Waals surface area contributed by atoms with Crippen molar-refractivity contribution in [3.05, 3.63) is 29.8 Å². The second kappa shape index (κ2) is 9.78. The predicted molar refractivity (Wildman–Crippen MR) is 102 cm³/mol. The van der Waals surface area contributed by atoms with Crippen LogP contribution in [0.5, 0.6) is 0 Å². The Labute approximate surface area is 151 Å². The molecule has 0 atom stereocenters. The van der Waals surface area contributed by atoms with Gasteiger partial charge in [-0.3, -0.25) is 5.32 Å². The zero-order valence-corrected chi connectivity index (χ0v) is 15.6. The highest BCUT2D eigenvalue weighted by molar-refractivity contribution is 14.0. The molecule has 0 bridgehead atoms. The number of amides is 1. The molecule has 1 aliphatic rings. The van der Waals surface area contributed by atoms with E-state index in [0.29, 0.717) is 18.2 Å². The van der Waals surface area contributed by atoms with Gasteiger partial charge < -0.3 is 15.4 Å². The quantitative estimate of drug-likeness (QED) is 0.432. The van der Waals surface area contributed by atoms with Crippen molar-refractivity contribution in [2.24, 2.45) is 10.7 Å². The third-order valence-electron chi connectivity index (χ3n) is 3.14. The van der Waals surface area contributed by atoms with Crippen LogP contribution in [0.25, 0.3) is 0 Å². The Morgan fingerprint density at radius 3 is 2.59 bits per heavy atom. The minimum atomic E-state index is -0.479. The third-order valence-corrected chi connectivity index (χ3v) is 4.09. The summed E-state index contributed by atoms with van der Waals surface area (Å²) in [5, 5.41) is 2.60. The Morgan fingerprint density at radius 1 is 1.36 bits per heavy atom. The average molecular weight is 436 g/mol. The lowest BCUT2D eigenvalue weighted by atomic mass is 10.2. The molecule has 0 saturated carbocycles. The van der Waals surface area contributed by atoms with Gasteiger partial charge in [0, 0.05) is 30.3 Å². The van der Waals surface area contributed by atoms with E-state index in [1.165, 1.54) is 7.11 Å². The second-order valence-electron chi connectivity index (χ2n) is 4.59. The van der Waals surface area contributed by atoms with Crippen LogP contribution in [-0.4, -0.2) is 48.7 Å². The van der Waals surface area contributed by atoms with Gasteiger partial charge in [-0.1, -0.05) is 12.1 Å². The number of halogens is 1. The van der Waals surface area contributed by atoms with Gasteiger partial charge in [-0.25, -0.2) is 9.79 Å². The second-order valence-corrected chi connectivity index (χ2v) is 5.81. The van der Waals surface area contributed by atoms with Crippen molar-refractivity contribution in [3.8, 4) is 0 Å². The molecule has 1 fully saturated rings. The topological polar surface area (TPSA) is 79.9 Å². The minimum absolute atomic E-state index is 0. The van der Waals surface area contributed by atoms with Crippen molar-refractivity contribution in [1.82, 2.24) is 4.90 Å². The number of methoxy groups -OCH3 is 1. The molecule has 1 amide bonds. The number of benzene rings is 1. The Balaban J connectivity index is 0.00000242. The lowest BCUT2D eigenvalue weighted by molar-refractivity contribution is 0.187.